The number of nitrogens with zero attached hydrogens (tertiary/aromatic N) is 1. The van der Waals surface area contributed by atoms with Crippen LogP contribution in [0.2, 0.25) is 5.02 Å². The molecule has 2 aromatic rings. The Hall–Kier alpha value is -2.30. The predicted molar refractivity (Wildman–Crippen MR) is 102 cm³/mol. The second-order valence-electron chi connectivity index (χ2n) is 6.55. The van der Waals surface area contributed by atoms with Crippen LogP contribution in [0, 0.1) is 0 Å². The maximum Gasteiger partial charge on any atom is 0.337 e. The fourth-order valence-corrected chi connectivity index (χ4v) is 4.09. The third kappa shape index (κ3) is 2.70. The van der Waals surface area contributed by atoms with Gasteiger partial charge in [0, 0.05) is 23.2 Å². The standard InChI is InChI=1S/C21H20ClNO3/c1-2-13-6-7-16-17(10-13)23(8-9-24)18-12-26-21(25)20(18)19(16)14-4-3-5-15(22)11-14/h3-7,10-11,19,24H,2,8-9,12H2,1H3. The Balaban J connectivity index is 1.96. The molecule has 0 saturated carbocycles. The zero-order valence-corrected chi connectivity index (χ0v) is 15.3. The molecule has 2 aliphatic rings. The number of cyclic esters (lactones) is 1. The van der Waals surface area contributed by atoms with Crippen molar-refractivity contribution in [2.24, 2.45) is 0 Å². The summed E-state index contributed by atoms with van der Waals surface area (Å²) in [6.07, 6.45) is 0.920. The summed E-state index contributed by atoms with van der Waals surface area (Å²) in [6, 6.07) is 14.0. The molecule has 0 aromatic heterocycles. The van der Waals surface area contributed by atoms with Crippen LogP contribution < -0.4 is 4.90 Å². The van der Waals surface area contributed by atoms with Crippen LogP contribution in [-0.2, 0) is 16.0 Å². The molecule has 2 aliphatic heterocycles. The molecule has 1 N–H and O–H groups in total. The number of anilines is 1. The van der Waals surface area contributed by atoms with Crippen LogP contribution >= 0.6 is 11.6 Å². The molecule has 0 amide bonds. The number of fused-ring (bicyclic) bond motifs is 1. The molecule has 1 atom stereocenters. The van der Waals surface area contributed by atoms with Crippen molar-refractivity contribution in [3.8, 4) is 0 Å². The number of hydrogen-bond acceptors (Lipinski definition) is 4. The second kappa shape index (κ2) is 6.78. The van der Waals surface area contributed by atoms with E-state index in [9.17, 15) is 9.90 Å². The first-order chi connectivity index (χ1) is 12.6. The Morgan fingerprint density at radius 3 is 2.85 bits per heavy atom. The van der Waals surface area contributed by atoms with Crippen LogP contribution in [0.1, 0.15) is 29.5 Å². The molecule has 0 saturated heterocycles. The lowest BCUT2D eigenvalue weighted by Crippen LogP contribution is -2.33. The van der Waals surface area contributed by atoms with Crippen molar-refractivity contribution in [1.82, 2.24) is 0 Å². The van der Waals surface area contributed by atoms with E-state index >= 15 is 0 Å². The van der Waals surface area contributed by atoms with E-state index < -0.39 is 0 Å². The molecule has 4 rings (SSSR count). The highest BCUT2D eigenvalue weighted by atomic mass is 35.5. The first-order valence-electron chi connectivity index (χ1n) is 8.81. The summed E-state index contributed by atoms with van der Waals surface area (Å²) in [6.45, 7) is 2.78. The van der Waals surface area contributed by atoms with Gasteiger partial charge in [0.1, 0.15) is 6.61 Å². The van der Waals surface area contributed by atoms with Crippen LogP contribution in [0.15, 0.2) is 53.7 Å². The van der Waals surface area contributed by atoms with Gasteiger partial charge in [0.15, 0.2) is 0 Å². The van der Waals surface area contributed by atoms with Crippen LogP contribution in [0.3, 0.4) is 0 Å². The molecule has 2 heterocycles. The first-order valence-corrected chi connectivity index (χ1v) is 9.18. The van der Waals surface area contributed by atoms with Crippen molar-refractivity contribution in [1.29, 1.82) is 0 Å². The number of carbonyl (C=O) groups is 1. The number of carbonyl (C=O) groups excluding carboxylic acids is 1. The maximum atomic E-state index is 12.6. The van der Waals surface area contributed by atoms with E-state index in [1.54, 1.807) is 0 Å². The molecule has 0 aliphatic carbocycles. The molecule has 26 heavy (non-hydrogen) atoms. The number of esters is 1. The minimum absolute atomic E-state index is 0.00257. The zero-order chi connectivity index (χ0) is 18.3. The molecule has 1 unspecified atom stereocenters. The van der Waals surface area contributed by atoms with Crippen molar-refractivity contribution in [3.05, 3.63) is 75.4 Å². The van der Waals surface area contributed by atoms with Gasteiger partial charge in [0.2, 0.25) is 0 Å². The molecular formula is C21H20ClNO3. The second-order valence-corrected chi connectivity index (χ2v) is 6.98. The summed E-state index contributed by atoms with van der Waals surface area (Å²) in [5.41, 5.74) is 5.74. The van der Waals surface area contributed by atoms with Gasteiger partial charge in [-0.1, -0.05) is 42.8 Å². The number of hydrogen-bond donors (Lipinski definition) is 1. The zero-order valence-electron chi connectivity index (χ0n) is 14.5. The average molecular weight is 370 g/mol. The fourth-order valence-electron chi connectivity index (χ4n) is 3.89. The van der Waals surface area contributed by atoms with Crippen molar-refractivity contribution < 1.29 is 14.6 Å². The van der Waals surface area contributed by atoms with E-state index in [0.29, 0.717) is 17.1 Å². The Morgan fingerprint density at radius 2 is 2.12 bits per heavy atom. The molecule has 2 aromatic carbocycles. The van der Waals surface area contributed by atoms with Gasteiger partial charge in [-0.05, 0) is 41.3 Å². The van der Waals surface area contributed by atoms with E-state index in [1.165, 1.54) is 5.56 Å². The van der Waals surface area contributed by atoms with Gasteiger partial charge in [-0.25, -0.2) is 4.79 Å². The van der Waals surface area contributed by atoms with Gasteiger partial charge in [0.25, 0.3) is 0 Å². The summed E-state index contributed by atoms with van der Waals surface area (Å²) >= 11 is 6.22. The maximum absolute atomic E-state index is 12.6. The SMILES string of the molecule is CCc1ccc2c(c1)N(CCO)C1=C(C(=O)OC1)C2c1cccc(Cl)c1. The summed E-state index contributed by atoms with van der Waals surface area (Å²) in [4.78, 5) is 14.6. The Labute approximate surface area is 157 Å². The van der Waals surface area contributed by atoms with Gasteiger partial charge in [-0.3, -0.25) is 0 Å². The number of β-amino-alcohol motifs (C(OH)–C–C–N with tert-alkyl or cyclic N) is 1. The van der Waals surface area contributed by atoms with Crippen LogP contribution in [-0.4, -0.2) is 30.8 Å². The molecule has 134 valence electrons. The summed E-state index contributed by atoms with van der Waals surface area (Å²) in [5, 5.41) is 10.2. The van der Waals surface area contributed by atoms with E-state index in [0.717, 1.165) is 28.9 Å². The monoisotopic (exact) mass is 369 g/mol. The van der Waals surface area contributed by atoms with Gasteiger partial charge < -0.3 is 14.7 Å². The number of halogens is 1. The summed E-state index contributed by atoms with van der Waals surface area (Å²) in [5.74, 6) is -0.507. The summed E-state index contributed by atoms with van der Waals surface area (Å²) < 4.78 is 5.38. The quantitative estimate of drug-likeness (QED) is 0.836. The van der Waals surface area contributed by atoms with E-state index in [4.69, 9.17) is 16.3 Å². The smallest absolute Gasteiger partial charge is 0.337 e. The van der Waals surface area contributed by atoms with Gasteiger partial charge in [-0.2, -0.15) is 0 Å². The lowest BCUT2D eigenvalue weighted by atomic mass is 9.80. The highest BCUT2D eigenvalue weighted by molar-refractivity contribution is 6.30. The van der Waals surface area contributed by atoms with Gasteiger partial charge in [0.05, 0.1) is 17.9 Å². The Bertz CT molecular complexity index is 906. The number of ether oxygens (including phenoxy) is 1. The van der Waals surface area contributed by atoms with Crippen molar-refractivity contribution in [3.63, 3.8) is 0 Å². The topological polar surface area (TPSA) is 49.8 Å². The third-order valence-electron chi connectivity index (χ3n) is 5.10. The lowest BCUT2D eigenvalue weighted by molar-refractivity contribution is -0.136. The highest BCUT2D eigenvalue weighted by Crippen LogP contribution is 2.47. The largest absolute Gasteiger partial charge is 0.456 e. The van der Waals surface area contributed by atoms with Crippen LogP contribution in [0.5, 0.6) is 0 Å². The fraction of sp³-hybridized carbons (Fsp3) is 0.286. The minimum Gasteiger partial charge on any atom is -0.456 e. The molecule has 0 bridgehead atoms. The predicted octanol–water partition coefficient (Wildman–Crippen LogP) is 3.66. The number of aliphatic hydroxyl groups excluding tert-OH is 1. The Kier molecular flexibility index (Phi) is 4.47. The highest BCUT2D eigenvalue weighted by Gasteiger charge is 2.41. The molecule has 0 radical (unpaired) electrons. The number of benzene rings is 2. The third-order valence-corrected chi connectivity index (χ3v) is 5.33. The molecule has 0 spiro atoms. The number of rotatable bonds is 4. The summed E-state index contributed by atoms with van der Waals surface area (Å²) in [7, 11) is 0. The van der Waals surface area contributed by atoms with E-state index in [2.05, 4.69) is 25.1 Å². The van der Waals surface area contributed by atoms with Crippen LogP contribution in [0.25, 0.3) is 0 Å². The minimum atomic E-state index is -0.293. The van der Waals surface area contributed by atoms with E-state index in [-0.39, 0.29) is 25.1 Å². The van der Waals surface area contributed by atoms with Crippen LogP contribution in [0.4, 0.5) is 5.69 Å². The molecule has 5 heteroatoms. The molecule has 4 nitrogen and oxygen atoms in total. The molecular weight excluding hydrogens is 350 g/mol. The number of aliphatic hydroxyl groups is 1. The normalized spacial score (nSPS) is 18.7. The Morgan fingerprint density at radius 1 is 1.27 bits per heavy atom. The first kappa shape index (κ1) is 17.1. The van der Waals surface area contributed by atoms with Crippen molar-refractivity contribution in [2.45, 2.75) is 19.3 Å². The van der Waals surface area contributed by atoms with Gasteiger partial charge in [-0.15, -0.1) is 0 Å². The van der Waals surface area contributed by atoms with Crippen molar-refractivity contribution >= 4 is 23.3 Å². The average Bonchev–Trinajstić information content (AvgIpc) is 3.03. The van der Waals surface area contributed by atoms with E-state index in [1.807, 2.05) is 29.2 Å². The van der Waals surface area contributed by atoms with Gasteiger partial charge >= 0.3 is 5.97 Å². The van der Waals surface area contributed by atoms with Crippen molar-refractivity contribution in [2.75, 3.05) is 24.7 Å². The number of aryl methyl sites for hydroxylation is 1. The lowest BCUT2D eigenvalue weighted by Gasteiger charge is -2.36. The molecule has 0 fully saturated rings.